The molecule has 1 N–H and O–H groups in total. The van der Waals surface area contributed by atoms with Gasteiger partial charge in [-0.05, 0) is 76.6 Å². The number of furan rings is 1. The van der Waals surface area contributed by atoms with Crippen molar-refractivity contribution in [2.75, 3.05) is 0 Å². The van der Waals surface area contributed by atoms with Gasteiger partial charge in [0.1, 0.15) is 17.7 Å². The number of aliphatic hydroxyl groups is 1. The molecule has 0 aliphatic rings. The van der Waals surface area contributed by atoms with Crippen LogP contribution < -0.4 is 0 Å². The second-order valence-electron chi connectivity index (χ2n) is 14.2. The fourth-order valence-corrected chi connectivity index (χ4v) is 8.06. The molecule has 257 valence electrons. The Bertz CT molecular complexity index is 2100. The molecule has 0 unspecified atom stereocenters. The van der Waals surface area contributed by atoms with Crippen molar-refractivity contribution < 1.29 is 34.4 Å². The molecule has 0 bridgehead atoms. The Balaban J connectivity index is 0.000000251. The molecule has 6 rings (SSSR count). The van der Waals surface area contributed by atoms with Gasteiger partial charge in [0.15, 0.2) is 5.78 Å². The Hall–Kier alpha value is -2.90. The Kier molecular flexibility index (Phi) is 11.5. The number of nitrogens with zero attached hydrogens (tertiary/aromatic N) is 2. The fraction of sp³-hybridized carbons (Fsp3) is 0.425. The Morgan fingerprint density at radius 3 is 2.21 bits per heavy atom. The zero-order valence-corrected chi connectivity index (χ0v) is 33.8. The number of allylic oxidation sites excluding steroid dienone is 2. The van der Waals surface area contributed by atoms with Crippen LogP contribution in [0.15, 0.2) is 57.6 Å². The van der Waals surface area contributed by atoms with E-state index in [4.69, 9.17) is 9.40 Å². The topological polar surface area (TPSA) is 76.2 Å². The average molecular weight is 860 g/mol. The molecule has 6 aromatic rings. The summed E-state index contributed by atoms with van der Waals surface area (Å²) in [6, 6.07) is 12.2. The van der Waals surface area contributed by atoms with Crippen LogP contribution in [0.5, 0.6) is 0 Å². The maximum atomic E-state index is 12.2. The maximum Gasteiger partial charge on any atom is 0.223 e. The summed E-state index contributed by atoms with van der Waals surface area (Å²) in [6.45, 7) is 21.0. The van der Waals surface area contributed by atoms with Gasteiger partial charge in [0.25, 0.3) is 0 Å². The second-order valence-corrected chi connectivity index (χ2v) is 16.0. The number of thiophene rings is 2. The van der Waals surface area contributed by atoms with E-state index in [9.17, 15) is 9.90 Å². The molecule has 0 fully saturated rings. The van der Waals surface area contributed by atoms with E-state index in [-0.39, 0.29) is 47.9 Å². The Labute approximate surface area is 306 Å². The smallest absolute Gasteiger partial charge is 0.223 e. The maximum absolute atomic E-state index is 12.2. The van der Waals surface area contributed by atoms with Crippen LogP contribution in [-0.2, 0) is 30.3 Å². The van der Waals surface area contributed by atoms with Gasteiger partial charge in [0, 0.05) is 58.2 Å². The molecule has 0 amide bonds. The van der Waals surface area contributed by atoms with Crippen LogP contribution in [0.4, 0.5) is 0 Å². The van der Waals surface area contributed by atoms with Crippen molar-refractivity contribution in [2.45, 2.75) is 100 Å². The van der Waals surface area contributed by atoms with Gasteiger partial charge < -0.3 is 9.52 Å². The molecule has 0 spiro atoms. The molecule has 4 aromatic heterocycles. The van der Waals surface area contributed by atoms with Crippen molar-refractivity contribution in [3.63, 3.8) is 0 Å². The van der Waals surface area contributed by atoms with E-state index >= 15 is 0 Å². The molecule has 4 heterocycles. The van der Waals surface area contributed by atoms with Crippen molar-refractivity contribution in [3.8, 4) is 11.3 Å². The van der Waals surface area contributed by atoms with E-state index in [1.54, 1.807) is 29.0 Å². The summed E-state index contributed by atoms with van der Waals surface area (Å²) in [6.07, 6.45) is 6.35. The second kappa shape index (κ2) is 14.5. The predicted octanol–water partition coefficient (Wildman–Crippen LogP) is 12.5. The zero-order valence-electron chi connectivity index (χ0n) is 29.8. The third-order valence-electron chi connectivity index (χ3n) is 10.3. The van der Waals surface area contributed by atoms with Crippen molar-refractivity contribution >= 4 is 70.7 Å². The van der Waals surface area contributed by atoms with Gasteiger partial charge in [0.05, 0.1) is 0 Å². The molecule has 5 nitrogen and oxygen atoms in total. The van der Waals surface area contributed by atoms with Crippen LogP contribution in [-0.4, -0.2) is 20.9 Å². The number of aryl methyl sites for hydroxylation is 1. The monoisotopic (exact) mass is 860 g/mol. The zero-order chi connectivity index (χ0) is 34.3. The number of rotatable bonds is 8. The first-order valence-corrected chi connectivity index (χ1v) is 18.4. The SMILES string of the molecule is CCC(C)(CC)C(=O)/C=C(\O)C(C)(CC)CC.Cc1csc2c1ccc1oc3ncnc(-c4[c-]c5ccsc5c(C(C)(C)C)c4)c3c12.[Ir]. The van der Waals surface area contributed by atoms with E-state index in [1.165, 1.54) is 32.0 Å². The molecule has 0 aliphatic heterocycles. The van der Waals surface area contributed by atoms with E-state index < -0.39 is 0 Å². The third kappa shape index (κ3) is 6.92. The number of hydrogen-bond acceptors (Lipinski definition) is 7. The van der Waals surface area contributed by atoms with Crippen molar-refractivity contribution in [3.05, 3.63) is 70.4 Å². The van der Waals surface area contributed by atoms with Crippen LogP contribution >= 0.6 is 22.7 Å². The number of hydrogen-bond donors (Lipinski definition) is 1. The van der Waals surface area contributed by atoms with E-state index in [0.717, 1.165) is 58.7 Å². The van der Waals surface area contributed by atoms with Crippen LogP contribution in [0.25, 0.3) is 53.5 Å². The van der Waals surface area contributed by atoms with Gasteiger partial charge >= 0.3 is 0 Å². The number of carbonyl (C=O) groups excluding carboxylic acids is 1. The molecule has 0 aliphatic carbocycles. The molecule has 48 heavy (non-hydrogen) atoms. The number of benzene rings is 2. The minimum absolute atomic E-state index is 0. The first-order valence-electron chi connectivity index (χ1n) is 16.6. The summed E-state index contributed by atoms with van der Waals surface area (Å²) in [4.78, 5) is 21.4. The predicted molar refractivity (Wildman–Crippen MR) is 201 cm³/mol. The number of aliphatic hydroxyl groups excluding tert-OH is 1. The molecule has 8 heteroatoms. The molecule has 0 atom stereocenters. The van der Waals surface area contributed by atoms with Gasteiger partial charge in [-0.3, -0.25) is 9.78 Å². The van der Waals surface area contributed by atoms with Crippen LogP contribution in [0.1, 0.15) is 99.1 Å². The summed E-state index contributed by atoms with van der Waals surface area (Å²) in [5, 5.41) is 19.0. The summed E-state index contributed by atoms with van der Waals surface area (Å²) >= 11 is 3.53. The van der Waals surface area contributed by atoms with Crippen LogP contribution in [0, 0.1) is 23.8 Å². The molecule has 2 aromatic carbocycles. The summed E-state index contributed by atoms with van der Waals surface area (Å²) in [7, 11) is 0. The summed E-state index contributed by atoms with van der Waals surface area (Å²) < 4.78 is 8.67. The molecular weight excluding hydrogens is 813 g/mol. The van der Waals surface area contributed by atoms with Crippen molar-refractivity contribution in [1.29, 1.82) is 0 Å². The van der Waals surface area contributed by atoms with Gasteiger partial charge in [0.2, 0.25) is 5.71 Å². The van der Waals surface area contributed by atoms with Crippen LogP contribution in [0.3, 0.4) is 0 Å². The van der Waals surface area contributed by atoms with Crippen LogP contribution in [0.2, 0.25) is 0 Å². The normalized spacial score (nSPS) is 12.8. The number of carbonyl (C=O) groups is 1. The van der Waals surface area contributed by atoms with E-state index in [1.807, 2.05) is 41.5 Å². The average Bonchev–Trinajstić information content (AvgIpc) is 3.79. The first-order chi connectivity index (χ1) is 22.2. The molecule has 0 saturated carbocycles. The van der Waals surface area contributed by atoms with E-state index in [2.05, 4.69) is 73.8 Å². The minimum atomic E-state index is -0.337. The third-order valence-corrected chi connectivity index (χ3v) is 12.4. The largest absolute Gasteiger partial charge is 0.512 e. The van der Waals surface area contributed by atoms with Gasteiger partial charge in [-0.1, -0.05) is 73.4 Å². The van der Waals surface area contributed by atoms with Gasteiger partial charge in [-0.15, -0.1) is 34.9 Å². The first kappa shape index (κ1) is 37.9. The molecular formula is C40H47IrN2O3S2-. The summed E-state index contributed by atoms with van der Waals surface area (Å²) in [5.74, 6) is 0.286. The summed E-state index contributed by atoms with van der Waals surface area (Å²) in [5.41, 5.74) is 5.38. The Morgan fingerprint density at radius 2 is 1.58 bits per heavy atom. The molecule has 0 saturated heterocycles. The number of aromatic nitrogens is 2. The van der Waals surface area contributed by atoms with E-state index in [0.29, 0.717) is 5.71 Å². The number of ketones is 1. The molecule has 1 radical (unpaired) electrons. The standard InChI is InChI=1S/C25H19N2OS2.C15H28O2.Ir/c1-13-11-30-23-16(13)5-6-18-19(23)20-21(26-12-27-24(20)28-18)15-9-14-7-8-29-22(14)17(10-15)25(2,3)4;1-7-14(5,8-2)12(16)11-13(17)15(6,9-3)10-4;/h5-8,10-12H,1-4H3;11,16H,7-10H2,1-6H3;/q-1;;/b;12-11-;. The van der Waals surface area contributed by atoms with Crippen molar-refractivity contribution in [2.24, 2.45) is 10.8 Å². The fourth-order valence-electron chi connectivity index (χ4n) is 5.89. The van der Waals surface area contributed by atoms with Gasteiger partial charge in [-0.25, -0.2) is 4.98 Å². The number of fused-ring (bicyclic) bond motifs is 6. The quantitative estimate of drug-likeness (QED) is 0.0937. The minimum Gasteiger partial charge on any atom is -0.512 e. The van der Waals surface area contributed by atoms with Crippen molar-refractivity contribution in [1.82, 2.24) is 9.97 Å². The Morgan fingerprint density at radius 1 is 0.917 bits per heavy atom. The van der Waals surface area contributed by atoms with Gasteiger partial charge in [-0.2, -0.15) is 11.3 Å².